The van der Waals surface area contributed by atoms with Crippen LogP contribution < -0.4 is 0 Å². The minimum absolute atomic E-state index is 0. The second-order valence-electron chi connectivity index (χ2n) is 14.0. The zero-order valence-corrected chi connectivity index (χ0v) is 34.3. The maximum Gasteiger partial charge on any atom is 0.303 e. The summed E-state index contributed by atoms with van der Waals surface area (Å²) in [5.41, 5.74) is 0. The van der Waals surface area contributed by atoms with E-state index >= 15 is 0 Å². The van der Waals surface area contributed by atoms with E-state index in [1.807, 2.05) is 0 Å². The van der Waals surface area contributed by atoms with E-state index in [9.17, 15) is 14.4 Å². The van der Waals surface area contributed by atoms with Crippen molar-refractivity contribution in [2.75, 3.05) is 0 Å². The first-order valence-electron chi connectivity index (χ1n) is 21.0. The molecule has 0 aromatic carbocycles. The Kier molecular flexibility index (Phi) is 57.3. The molecule has 6 nitrogen and oxygen atoms in total. The molecular formula is C42H84AlO6. The molecule has 0 fully saturated rings. The minimum atomic E-state index is -0.657. The van der Waals surface area contributed by atoms with E-state index in [0.29, 0.717) is 19.3 Å². The van der Waals surface area contributed by atoms with Gasteiger partial charge in [-0.15, -0.1) is 0 Å². The first kappa shape index (κ1) is 54.7. The van der Waals surface area contributed by atoms with Crippen molar-refractivity contribution >= 4 is 35.3 Å². The summed E-state index contributed by atoms with van der Waals surface area (Å²) < 4.78 is 0. The van der Waals surface area contributed by atoms with Gasteiger partial charge in [-0.25, -0.2) is 0 Å². The molecule has 0 amide bonds. The molecular weight excluding hydrogens is 627 g/mol. The zero-order valence-electron chi connectivity index (χ0n) is 33.1. The first-order chi connectivity index (χ1) is 23.3. The van der Waals surface area contributed by atoms with Crippen LogP contribution in [0.5, 0.6) is 0 Å². The van der Waals surface area contributed by atoms with Crippen LogP contribution in [0.1, 0.15) is 252 Å². The molecule has 7 heteroatoms. The van der Waals surface area contributed by atoms with E-state index in [-0.39, 0.29) is 17.4 Å². The maximum atomic E-state index is 10.3. The second-order valence-corrected chi connectivity index (χ2v) is 14.0. The van der Waals surface area contributed by atoms with Gasteiger partial charge >= 0.3 is 17.9 Å². The van der Waals surface area contributed by atoms with Gasteiger partial charge in [0, 0.05) is 36.6 Å². The maximum absolute atomic E-state index is 10.3. The van der Waals surface area contributed by atoms with Crippen LogP contribution in [0.25, 0.3) is 0 Å². The summed E-state index contributed by atoms with van der Waals surface area (Å²) in [5.74, 6) is -1.97. The lowest BCUT2D eigenvalue weighted by molar-refractivity contribution is -0.138. The Bertz CT molecular complexity index is 557. The van der Waals surface area contributed by atoms with Crippen LogP contribution in [-0.4, -0.2) is 50.6 Å². The quantitative estimate of drug-likeness (QED) is 0.0440. The second kappa shape index (κ2) is 51.3. The Hall–Kier alpha value is -1.06. The largest absolute Gasteiger partial charge is 0.481 e. The van der Waals surface area contributed by atoms with E-state index in [1.54, 1.807) is 0 Å². The lowest BCUT2D eigenvalue weighted by Gasteiger charge is -2.01. The summed E-state index contributed by atoms with van der Waals surface area (Å²) in [4.78, 5) is 30.8. The number of hydrogen-bond acceptors (Lipinski definition) is 3. The van der Waals surface area contributed by atoms with Crippen molar-refractivity contribution in [3.63, 3.8) is 0 Å². The molecule has 3 radical (unpaired) electrons. The van der Waals surface area contributed by atoms with Gasteiger partial charge in [0.1, 0.15) is 0 Å². The highest BCUT2D eigenvalue weighted by Crippen LogP contribution is 2.14. The average molecular weight is 712 g/mol. The first-order valence-corrected chi connectivity index (χ1v) is 21.0. The lowest BCUT2D eigenvalue weighted by atomic mass is 10.1. The van der Waals surface area contributed by atoms with Crippen molar-refractivity contribution in [2.24, 2.45) is 0 Å². The number of unbranched alkanes of at least 4 members (excludes halogenated alkanes) is 30. The van der Waals surface area contributed by atoms with Crippen molar-refractivity contribution in [1.29, 1.82) is 0 Å². The van der Waals surface area contributed by atoms with E-state index in [4.69, 9.17) is 15.3 Å². The molecule has 49 heavy (non-hydrogen) atoms. The molecule has 0 aromatic rings. The minimum Gasteiger partial charge on any atom is -0.481 e. The number of carboxylic acids is 3. The fourth-order valence-corrected chi connectivity index (χ4v) is 5.82. The third kappa shape index (κ3) is 65.9. The number of carboxylic acid groups (broad SMARTS) is 3. The molecule has 0 bridgehead atoms. The van der Waals surface area contributed by atoms with Gasteiger partial charge in [0.25, 0.3) is 0 Å². The van der Waals surface area contributed by atoms with Gasteiger partial charge in [0.2, 0.25) is 0 Å². The molecule has 0 heterocycles. The van der Waals surface area contributed by atoms with Crippen LogP contribution in [0, 0.1) is 0 Å². The molecule has 0 aromatic heterocycles. The predicted molar refractivity (Wildman–Crippen MR) is 212 cm³/mol. The van der Waals surface area contributed by atoms with Gasteiger partial charge in [-0.1, -0.05) is 213 Å². The summed E-state index contributed by atoms with van der Waals surface area (Å²) in [6.45, 7) is 6.74. The molecule has 291 valence electrons. The monoisotopic (exact) mass is 712 g/mol. The Balaban J connectivity index is -0.000000307. The summed E-state index contributed by atoms with van der Waals surface area (Å²) in [6.07, 6.45) is 43.1. The standard InChI is InChI=1S/3C14H28O2.Al/c3*1-2-3-4-5-6-7-8-9-10-11-12-13-14(15)16;/h3*2-13H2,1H3,(H,15,16);. The van der Waals surface area contributed by atoms with Gasteiger partial charge in [-0.2, -0.15) is 0 Å². The summed E-state index contributed by atoms with van der Waals surface area (Å²) >= 11 is 0. The van der Waals surface area contributed by atoms with Crippen molar-refractivity contribution in [3.05, 3.63) is 0 Å². The Labute approximate surface area is 315 Å². The van der Waals surface area contributed by atoms with Crippen molar-refractivity contribution in [3.8, 4) is 0 Å². The van der Waals surface area contributed by atoms with E-state index in [2.05, 4.69) is 20.8 Å². The molecule has 0 aliphatic rings. The van der Waals surface area contributed by atoms with Gasteiger partial charge in [0.05, 0.1) is 0 Å². The molecule has 0 aliphatic carbocycles. The Morgan fingerprint density at radius 3 is 0.510 bits per heavy atom. The number of aliphatic carboxylic acids is 3. The SMILES string of the molecule is CCCCCCCCCCCCCC(=O)O.CCCCCCCCCCCCCC(=O)O.CCCCCCCCCCCCCC(=O)O.[Al]. The van der Waals surface area contributed by atoms with Crippen molar-refractivity contribution in [1.82, 2.24) is 0 Å². The van der Waals surface area contributed by atoms with Crippen LogP contribution in [0.2, 0.25) is 0 Å². The topological polar surface area (TPSA) is 112 Å². The summed E-state index contributed by atoms with van der Waals surface area (Å²) in [5, 5.41) is 25.4. The summed E-state index contributed by atoms with van der Waals surface area (Å²) in [6, 6.07) is 0. The fraction of sp³-hybridized carbons (Fsp3) is 0.929. The molecule has 3 N–H and O–H groups in total. The highest BCUT2D eigenvalue weighted by atomic mass is 27.0. The third-order valence-electron chi connectivity index (χ3n) is 8.98. The van der Waals surface area contributed by atoms with Gasteiger partial charge in [0.15, 0.2) is 0 Å². The number of rotatable bonds is 36. The molecule has 0 rings (SSSR count). The van der Waals surface area contributed by atoms with Crippen LogP contribution in [0.15, 0.2) is 0 Å². The van der Waals surface area contributed by atoms with Crippen LogP contribution in [-0.2, 0) is 14.4 Å². The van der Waals surface area contributed by atoms with Crippen molar-refractivity contribution < 1.29 is 29.7 Å². The normalized spacial score (nSPS) is 10.3. The molecule has 0 unspecified atom stereocenters. The van der Waals surface area contributed by atoms with Gasteiger partial charge in [-0.3, -0.25) is 14.4 Å². The van der Waals surface area contributed by atoms with E-state index in [1.165, 1.54) is 173 Å². The zero-order chi connectivity index (χ0) is 36.2. The van der Waals surface area contributed by atoms with Gasteiger partial charge < -0.3 is 15.3 Å². The molecule has 0 saturated carbocycles. The van der Waals surface area contributed by atoms with E-state index < -0.39 is 17.9 Å². The van der Waals surface area contributed by atoms with Crippen LogP contribution >= 0.6 is 0 Å². The highest BCUT2D eigenvalue weighted by Gasteiger charge is 1.99. The number of carbonyl (C=O) groups is 3. The van der Waals surface area contributed by atoms with Gasteiger partial charge in [-0.05, 0) is 19.3 Å². The molecule has 0 saturated heterocycles. The smallest absolute Gasteiger partial charge is 0.303 e. The fourth-order valence-electron chi connectivity index (χ4n) is 5.82. The van der Waals surface area contributed by atoms with Crippen LogP contribution in [0.3, 0.4) is 0 Å². The summed E-state index contributed by atoms with van der Waals surface area (Å²) in [7, 11) is 0. The Morgan fingerprint density at radius 2 is 0.388 bits per heavy atom. The average Bonchev–Trinajstić information content (AvgIpc) is 3.05. The molecule has 0 atom stereocenters. The van der Waals surface area contributed by atoms with Crippen LogP contribution in [0.4, 0.5) is 0 Å². The molecule has 0 aliphatic heterocycles. The van der Waals surface area contributed by atoms with Crippen molar-refractivity contribution in [2.45, 2.75) is 252 Å². The third-order valence-corrected chi connectivity index (χ3v) is 8.98. The number of hydrogen-bond donors (Lipinski definition) is 3. The van der Waals surface area contributed by atoms with E-state index in [0.717, 1.165) is 38.5 Å². The Morgan fingerprint density at radius 1 is 0.265 bits per heavy atom. The molecule has 0 spiro atoms. The lowest BCUT2D eigenvalue weighted by Crippen LogP contribution is -1.93. The highest BCUT2D eigenvalue weighted by molar-refractivity contribution is 5.75. The predicted octanol–water partition coefficient (Wildman–Crippen LogP) is 13.9.